The van der Waals surface area contributed by atoms with E-state index in [1.807, 2.05) is 11.4 Å². The number of carbonyl (C=O) groups is 1. The van der Waals surface area contributed by atoms with Gasteiger partial charge in [-0.15, -0.1) is 11.3 Å². The number of hydrogen-bond acceptors (Lipinski definition) is 3. The number of nitrogens with zero attached hydrogens (tertiary/aromatic N) is 1. The van der Waals surface area contributed by atoms with Crippen LogP contribution in [0.4, 0.5) is 0 Å². The van der Waals surface area contributed by atoms with E-state index in [4.69, 9.17) is 5.11 Å². The smallest absolute Gasteiger partial charge is 0.335 e. The van der Waals surface area contributed by atoms with Crippen molar-refractivity contribution < 1.29 is 9.90 Å². The zero-order chi connectivity index (χ0) is 13.8. The average molecular weight is 334 g/mol. The SMILES string of the molecule is N#C/C(=C/c1cc(Br)cs1)c1ccc(C(=O)O)cc1. The summed E-state index contributed by atoms with van der Waals surface area (Å²) in [6.07, 6.45) is 1.78. The Balaban J connectivity index is 2.35. The van der Waals surface area contributed by atoms with Crippen molar-refractivity contribution in [2.24, 2.45) is 0 Å². The van der Waals surface area contributed by atoms with Crippen molar-refractivity contribution in [1.82, 2.24) is 0 Å². The van der Waals surface area contributed by atoms with E-state index in [-0.39, 0.29) is 5.56 Å². The summed E-state index contributed by atoms with van der Waals surface area (Å²) in [6, 6.07) is 10.3. The number of benzene rings is 1. The van der Waals surface area contributed by atoms with E-state index in [9.17, 15) is 10.1 Å². The molecule has 1 heterocycles. The number of carboxylic acids is 1. The van der Waals surface area contributed by atoms with Crippen LogP contribution in [0.25, 0.3) is 11.6 Å². The molecule has 3 nitrogen and oxygen atoms in total. The molecule has 1 aromatic heterocycles. The first-order valence-corrected chi connectivity index (χ1v) is 6.97. The van der Waals surface area contributed by atoms with Crippen molar-refractivity contribution in [1.29, 1.82) is 5.26 Å². The minimum absolute atomic E-state index is 0.208. The lowest BCUT2D eigenvalue weighted by atomic mass is 10.0. The van der Waals surface area contributed by atoms with Crippen LogP contribution in [-0.2, 0) is 0 Å². The standard InChI is InChI=1S/C14H8BrNO2S/c15-12-6-13(19-8-12)5-11(7-16)9-1-3-10(4-2-9)14(17)18/h1-6,8H,(H,17,18)/b11-5-. The topological polar surface area (TPSA) is 61.1 Å². The van der Waals surface area contributed by atoms with Gasteiger partial charge in [0.15, 0.2) is 0 Å². The molecule has 2 rings (SSSR count). The molecule has 5 heteroatoms. The van der Waals surface area contributed by atoms with E-state index >= 15 is 0 Å². The molecular formula is C14H8BrNO2S. The van der Waals surface area contributed by atoms with Gasteiger partial charge in [-0.25, -0.2) is 4.79 Å². The maximum atomic E-state index is 10.8. The lowest BCUT2D eigenvalue weighted by Gasteiger charge is -1.99. The summed E-state index contributed by atoms with van der Waals surface area (Å²) < 4.78 is 0.974. The average Bonchev–Trinajstić information content (AvgIpc) is 2.81. The molecule has 0 aliphatic rings. The zero-order valence-electron chi connectivity index (χ0n) is 9.63. The number of thiophene rings is 1. The molecule has 0 atom stereocenters. The van der Waals surface area contributed by atoms with Gasteiger partial charge in [0, 0.05) is 14.7 Å². The van der Waals surface area contributed by atoms with Gasteiger partial charge in [-0.05, 0) is 45.8 Å². The molecule has 0 saturated carbocycles. The van der Waals surface area contributed by atoms with E-state index in [1.165, 1.54) is 23.5 Å². The highest BCUT2D eigenvalue weighted by molar-refractivity contribution is 9.10. The number of allylic oxidation sites excluding steroid dienone is 1. The Morgan fingerprint density at radius 3 is 2.42 bits per heavy atom. The lowest BCUT2D eigenvalue weighted by molar-refractivity contribution is 0.0697. The summed E-state index contributed by atoms with van der Waals surface area (Å²) in [7, 11) is 0. The third-order valence-corrected chi connectivity index (χ3v) is 4.08. The van der Waals surface area contributed by atoms with Crippen molar-refractivity contribution in [2.45, 2.75) is 0 Å². The third kappa shape index (κ3) is 3.31. The summed E-state index contributed by atoms with van der Waals surface area (Å²) in [5.74, 6) is -0.976. The number of nitriles is 1. The van der Waals surface area contributed by atoms with Crippen molar-refractivity contribution in [3.63, 3.8) is 0 Å². The van der Waals surface area contributed by atoms with E-state index in [0.717, 1.165) is 9.35 Å². The maximum absolute atomic E-state index is 10.8. The van der Waals surface area contributed by atoms with Gasteiger partial charge >= 0.3 is 5.97 Å². The van der Waals surface area contributed by atoms with Crippen LogP contribution in [0.15, 0.2) is 40.2 Å². The van der Waals surface area contributed by atoms with Gasteiger partial charge < -0.3 is 5.11 Å². The van der Waals surface area contributed by atoms with Crippen LogP contribution in [0.2, 0.25) is 0 Å². The maximum Gasteiger partial charge on any atom is 0.335 e. The highest BCUT2D eigenvalue weighted by atomic mass is 79.9. The van der Waals surface area contributed by atoms with Gasteiger partial charge in [0.25, 0.3) is 0 Å². The fourth-order valence-corrected chi connectivity index (χ4v) is 2.89. The van der Waals surface area contributed by atoms with Gasteiger partial charge in [0.2, 0.25) is 0 Å². The molecule has 0 unspecified atom stereocenters. The number of carboxylic acid groups (broad SMARTS) is 1. The normalized spacial score (nSPS) is 11.1. The number of rotatable bonds is 3. The molecule has 1 N–H and O–H groups in total. The van der Waals surface area contributed by atoms with Gasteiger partial charge in [-0.3, -0.25) is 0 Å². The molecule has 0 fully saturated rings. The van der Waals surface area contributed by atoms with Crippen molar-refractivity contribution in [3.8, 4) is 6.07 Å². The first-order valence-electron chi connectivity index (χ1n) is 5.29. The van der Waals surface area contributed by atoms with E-state index in [1.54, 1.807) is 18.2 Å². The van der Waals surface area contributed by atoms with Crippen LogP contribution in [-0.4, -0.2) is 11.1 Å². The second kappa shape index (κ2) is 5.83. The molecule has 0 aliphatic carbocycles. The van der Waals surface area contributed by atoms with E-state index in [2.05, 4.69) is 22.0 Å². The van der Waals surface area contributed by atoms with Crippen molar-refractivity contribution >= 4 is 44.9 Å². The molecule has 94 valence electrons. The fraction of sp³-hybridized carbons (Fsp3) is 0. The minimum Gasteiger partial charge on any atom is -0.478 e. The van der Waals surface area contributed by atoms with Crippen LogP contribution in [0.5, 0.6) is 0 Å². The molecule has 0 spiro atoms. The predicted molar refractivity (Wildman–Crippen MR) is 78.9 cm³/mol. The first kappa shape index (κ1) is 13.5. The Labute approximate surface area is 122 Å². The molecular weight excluding hydrogens is 326 g/mol. The number of hydrogen-bond donors (Lipinski definition) is 1. The molecule has 0 bridgehead atoms. The van der Waals surface area contributed by atoms with Crippen LogP contribution >= 0.6 is 27.3 Å². The van der Waals surface area contributed by atoms with E-state index in [0.29, 0.717) is 11.1 Å². The monoisotopic (exact) mass is 333 g/mol. The summed E-state index contributed by atoms with van der Waals surface area (Å²) in [5.41, 5.74) is 1.42. The lowest BCUT2D eigenvalue weighted by Crippen LogP contribution is -1.95. The quantitative estimate of drug-likeness (QED) is 0.853. The highest BCUT2D eigenvalue weighted by Crippen LogP contribution is 2.25. The van der Waals surface area contributed by atoms with Crippen molar-refractivity contribution in [2.75, 3.05) is 0 Å². The van der Waals surface area contributed by atoms with Crippen LogP contribution in [0, 0.1) is 11.3 Å². The molecule has 1 aromatic carbocycles. The zero-order valence-corrected chi connectivity index (χ0v) is 12.0. The Kier molecular flexibility index (Phi) is 4.15. The Hall–Kier alpha value is -1.90. The van der Waals surface area contributed by atoms with Crippen LogP contribution in [0.1, 0.15) is 20.8 Å². The van der Waals surface area contributed by atoms with E-state index < -0.39 is 5.97 Å². The summed E-state index contributed by atoms with van der Waals surface area (Å²) in [4.78, 5) is 11.7. The van der Waals surface area contributed by atoms with Crippen LogP contribution < -0.4 is 0 Å². The number of aromatic carboxylic acids is 1. The van der Waals surface area contributed by atoms with Crippen LogP contribution in [0.3, 0.4) is 0 Å². The molecule has 2 aromatic rings. The first-order chi connectivity index (χ1) is 9.10. The number of halogens is 1. The summed E-state index contributed by atoms with van der Waals surface area (Å²) in [6.45, 7) is 0. The Morgan fingerprint density at radius 1 is 1.32 bits per heavy atom. The molecule has 19 heavy (non-hydrogen) atoms. The predicted octanol–water partition coefficient (Wildman–Crippen LogP) is 4.27. The third-order valence-electron chi connectivity index (χ3n) is 2.44. The fourth-order valence-electron chi connectivity index (χ4n) is 1.52. The highest BCUT2D eigenvalue weighted by Gasteiger charge is 2.05. The molecule has 0 saturated heterocycles. The van der Waals surface area contributed by atoms with Crippen molar-refractivity contribution in [3.05, 3.63) is 56.2 Å². The molecule has 0 amide bonds. The molecule has 0 aliphatic heterocycles. The largest absolute Gasteiger partial charge is 0.478 e. The molecule has 0 radical (unpaired) electrons. The minimum atomic E-state index is -0.976. The Morgan fingerprint density at radius 2 is 1.95 bits per heavy atom. The summed E-state index contributed by atoms with van der Waals surface area (Å²) >= 11 is 4.89. The Bertz CT molecular complexity index is 680. The van der Waals surface area contributed by atoms with Gasteiger partial charge in [0.05, 0.1) is 17.2 Å². The second-order valence-electron chi connectivity index (χ2n) is 3.72. The van der Waals surface area contributed by atoms with Gasteiger partial charge in [-0.1, -0.05) is 12.1 Å². The second-order valence-corrected chi connectivity index (χ2v) is 5.58. The van der Waals surface area contributed by atoms with Gasteiger partial charge in [0.1, 0.15) is 0 Å². The van der Waals surface area contributed by atoms with Gasteiger partial charge in [-0.2, -0.15) is 5.26 Å². The summed E-state index contributed by atoms with van der Waals surface area (Å²) in [5, 5.41) is 19.9.